The molecule has 1 aliphatic carbocycles. The second-order valence-electron chi connectivity index (χ2n) is 4.65. The molecule has 0 bridgehead atoms. The van der Waals surface area contributed by atoms with Gasteiger partial charge in [0, 0.05) is 23.5 Å². The Hall–Kier alpha value is -1.04. The van der Waals surface area contributed by atoms with Gasteiger partial charge in [-0.15, -0.1) is 6.42 Å². The van der Waals surface area contributed by atoms with Crippen LogP contribution in [0.25, 0.3) is 0 Å². The molecule has 0 N–H and O–H groups in total. The van der Waals surface area contributed by atoms with Gasteiger partial charge in [-0.3, -0.25) is 4.90 Å². The van der Waals surface area contributed by atoms with Crippen LogP contribution >= 0.6 is 11.3 Å². The van der Waals surface area contributed by atoms with Gasteiger partial charge in [-0.25, -0.2) is 0 Å². The van der Waals surface area contributed by atoms with Crippen LogP contribution < -0.4 is 0 Å². The number of terminal acetylenes is 1. The molecular formula is C15H19NS. The molecule has 1 aliphatic rings. The Labute approximate surface area is 108 Å². The number of rotatable bonds is 3. The normalized spacial score (nSPS) is 17.0. The molecule has 1 aromatic heterocycles. The Kier molecular flexibility index (Phi) is 4.42. The van der Waals surface area contributed by atoms with Gasteiger partial charge in [0.05, 0.1) is 0 Å². The minimum Gasteiger partial charge on any atom is -0.299 e. The molecule has 0 saturated carbocycles. The first-order chi connectivity index (χ1) is 8.31. The van der Waals surface area contributed by atoms with Gasteiger partial charge in [-0.1, -0.05) is 18.1 Å². The van der Waals surface area contributed by atoms with Crippen molar-refractivity contribution in [2.45, 2.75) is 38.3 Å². The zero-order valence-corrected chi connectivity index (χ0v) is 11.2. The van der Waals surface area contributed by atoms with Crippen LogP contribution in [-0.4, -0.2) is 18.0 Å². The zero-order valence-electron chi connectivity index (χ0n) is 10.4. The highest BCUT2D eigenvalue weighted by molar-refractivity contribution is 7.08. The molecule has 0 aliphatic heterocycles. The highest BCUT2D eigenvalue weighted by Crippen LogP contribution is 2.21. The fourth-order valence-corrected chi connectivity index (χ4v) is 3.16. The van der Waals surface area contributed by atoms with Gasteiger partial charge >= 0.3 is 0 Å². The van der Waals surface area contributed by atoms with Crippen LogP contribution in [0, 0.1) is 12.3 Å². The fraction of sp³-hybridized carbons (Fsp3) is 0.467. The molecule has 1 aromatic rings. The van der Waals surface area contributed by atoms with E-state index in [4.69, 9.17) is 6.42 Å². The molecule has 0 aromatic carbocycles. The number of hydrogen-bond donors (Lipinski definition) is 0. The average Bonchev–Trinajstić information content (AvgIpc) is 2.62. The molecule has 17 heavy (non-hydrogen) atoms. The van der Waals surface area contributed by atoms with Crippen molar-refractivity contribution in [3.8, 4) is 12.3 Å². The van der Waals surface area contributed by atoms with Crippen molar-refractivity contribution < 1.29 is 0 Å². The molecule has 90 valence electrons. The molecule has 0 spiro atoms. The Bertz CT molecular complexity index is 414. The summed E-state index contributed by atoms with van der Waals surface area (Å²) in [6.07, 6.45) is 15.1. The maximum Gasteiger partial charge on any atom is 0.0394 e. The van der Waals surface area contributed by atoms with Crippen LogP contribution in [0.2, 0.25) is 0 Å². The van der Waals surface area contributed by atoms with Crippen molar-refractivity contribution in [1.82, 2.24) is 4.90 Å². The minimum atomic E-state index is 0.690. The third kappa shape index (κ3) is 3.21. The Morgan fingerprint density at radius 2 is 2.06 bits per heavy atom. The SMILES string of the molecule is C#Cc1cscc1CN(C)C1CCC=CCC1. The summed E-state index contributed by atoms with van der Waals surface area (Å²) >= 11 is 1.70. The minimum absolute atomic E-state index is 0.690. The number of allylic oxidation sites excluding steroid dienone is 2. The van der Waals surface area contributed by atoms with Gasteiger partial charge in [0.15, 0.2) is 0 Å². The summed E-state index contributed by atoms with van der Waals surface area (Å²) in [5.74, 6) is 2.77. The van der Waals surface area contributed by atoms with Crippen molar-refractivity contribution >= 4 is 11.3 Å². The summed E-state index contributed by atoms with van der Waals surface area (Å²) in [6.45, 7) is 0.980. The standard InChI is InChI=1S/C15H19NS/c1-3-13-11-17-12-14(13)10-16(2)15-8-6-4-5-7-9-15/h1,4-5,11-12,15H,6-10H2,2H3. The van der Waals surface area contributed by atoms with Gasteiger partial charge in [0.2, 0.25) is 0 Å². The lowest BCUT2D eigenvalue weighted by Gasteiger charge is -2.26. The largest absolute Gasteiger partial charge is 0.299 e. The number of nitrogens with zero attached hydrogens (tertiary/aromatic N) is 1. The monoisotopic (exact) mass is 245 g/mol. The van der Waals surface area contributed by atoms with Gasteiger partial charge in [-0.2, -0.15) is 11.3 Å². The summed E-state index contributed by atoms with van der Waals surface area (Å²) < 4.78 is 0. The quantitative estimate of drug-likeness (QED) is 0.580. The van der Waals surface area contributed by atoms with Crippen molar-refractivity contribution in [3.05, 3.63) is 34.0 Å². The van der Waals surface area contributed by atoms with Crippen LogP contribution in [0.4, 0.5) is 0 Å². The molecular weight excluding hydrogens is 226 g/mol. The zero-order chi connectivity index (χ0) is 12.1. The van der Waals surface area contributed by atoms with E-state index in [1.54, 1.807) is 11.3 Å². The first-order valence-corrected chi connectivity index (χ1v) is 7.12. The van der Waals surface area contributed by atoms with Crippen LogP contribution in [-0.2, 0) is 6.54 Å². The smallest absolute Gasteiger partial charge is 0.0394 e. The lowest BCUT2D eigenvalue weighted by atomic mass is 10.1. The molecule has 0 saturated heterocycles. The van der Waals surface area contributed by atoms with Crippen molar-refractivity contribution in [3.63, 3.8) is 0 Å². The van der Waals surface area contributed by atoms with E-state index in [-0.39, 0.29) is 0 Å². The Morgan fingerprint density at radius 1 is 1.35 bits per heavy atom. The van der Waals surface area contributed by atoms with E-state index in [0.29, 0.717) is 6.04 Å². The second kappa shape index (κ2) is 6.05. The molecule has 0 amide bonds. The van der Waals surface area contributed by atoms with Crippen molar-refractivity contribution in [1.29, 1.82) is 0 Å². The number of hydrogen-bond acceptors (Lipinski definition) is 2. The van der Waals surface area contributed by atoms with E-state index in [9.17, 15) is 0 Å². The van der Waals surface area contributed by atoms with Gasteiger partial charge in [-0.05, 0) is 43.7 Å². The van der Waals surface area contributed by atoms with Crippen LogP contribution in [0.1, 0.15) is 36.8 Å². The van der Waals surface area contributed by atoms with Crippen LogP contribution in [0.3, 0.4) is 0 Å². The van der Waals surface area contributed by atoms with Gasteiger partial charge < -0.3 is 0 Å². The summed E-state index contributed by atoms with van der Waals surface area (Å²) in [5, 5.41) is 4.25. The fourth-order valence-electron chi connectivity index (χ4n) is 2.37. The van der Waals surface area contributed by atoms with Gasteiger partial charge in [0.25, 0.3) is 0 Å². The Morgan fingerprint density at radius 3 is 2.71 bits per heavy atom. The van der Waals surface area contributed by atoms with E-state index < -0.39 is 0 Å². The Balaban J connectivity index is 1.97. The first kappa shape index (κ1) is 12.4. The molecule has 0 radical (unpaired) electrons. The van der Waals surface area contributed by atoms with Crippen LogP contribution in [0.15, 0.2) is 22.9 Å². The average molecular weight is 245 g/mol. The molecule has 2 rings (SSSR count). The second-order valence-corrected chi connectivity index (χ2v) is 5.39. The van der Waals surface area contributed by atoms with Crippen molar-refractivity contribution in [2.75, 3.05) is 7.05 Å². The lowest BCUT2D eigenvalue weighted by Crippen LogP contribution is -2.30. The maximum atomic E-state index is 5.50. The molecule has 1 nitrogen and oxygen atoms in total. The molecule has 0 fully saturated rings. The van der Waals surface area contributed by atoms with Crippen molar-refractivity contribution in [2.24, 2.45) is 0 Å². The third-order valence-corrected chi connectivity index (χ3v) is 4.23. The maximum absolute atomic E-state index is 5.50. The predicted octanol–water partition coefficient (Wildman–Crippen LogP) is 3.66. The topological polar surface area (TPSA) is 3.24 Å². The lowest BCUT2D eigenvalue weighted by molar-refractivity contribution is 0.215. The summed E-state index contributed by atoms with van der Waals surface area (Å²) in [7, 11) is 2.22. The highest BCUT2D eigenvalue weighted by atomic mass is 32.1. The molecule has 0 atom stereocenters. The molecule has 1 heterocycles. The highest BCUT2D eigenvalue weighted by Gasteiger charge is 2.16. The summed E-state index contributed by atoms with van der Waals surface area (Å²) in [6, 6.07) is 0.690. The number of thiophene rings is 1. The molecule has 0 unspecified atom stereocenters. The van der Waals surface area contributed by atoms with E-state index in [2.05, 4.69) is 40.8 Å². The van der Waals surface area contributed by atoms with Gasteiger partial charge in [0.1, 0.15) is 0 Å². The van der Waals surface area contributed by atoms with E-state index >= 15 is 0 Å². The van der Waals surface area contributed by atoms with E-state index in [0.717, 1.165) is 12.1 Å². The predicted molar refractivity (Wildman–Crippen MR) is 75.1 cm³/mol. The van der Waals surface area contributed by atoms with Crippen LogP contribution in [0.5, 0.6) is 0 Å². The van der Waals surface area contributed by atoms with E-state index in [1.807, 2.05) is 0 Å². The van der Waals surface area contributed by atoms with E-state index in [1.165, 1.54) is 31.2 Å². The first-order valence-electron chi connectivity index (χ1n) is 6.18. The summed E-state index contributed by atoms with van der Waals surface area (Å²) in [5.41, 5.74) is 2.37. The summed E-state index contributed by atoms with van der Waals surface area (Å²) in [4.78, 5) is 2.45. The molecule has 2 heteroatoms. The third-order valence-electron chi connectivity index (χ3n) is 3.44.